The zero-order valence-electron chi connectivity index (χ0n) is 10.7. The molecule has 1 aromatic heterocycles. The third-order valence-electron chi connectivity index (χ3n) is 3.72. The Morgan fingerprint density at radius 1 is 1.22 bits per heavy atom. The lowest BCUT2D eigenvalue weighted by atomic mass is 10.1. The largest absolute Gasteiger partial charge is 0.507 e. The number of ether oxygens (including phenoxy) is 1. The molecule has 0 bridgehead atoms. The number of fused-ring (bicyclic) bond motifs is 3. The van der Waals surface area contributed by atoms with Gasteiger partial charge in [0.2, 0.25) is 0 Å². The molecule has 1 aliphatic heterocycles. The molecule has 0 aliphatic carbocycles. The second-order valence-electron chi connectivity index (χ2n) is 5.10. The number of hydrogen-bond acceptors (Lipinski definition) is 3. The normalized spacial score (nSPS) is 15.1. The summed E-state index contributed by atoms with van der Waals surface area (Å²) in [5, 5.41) is 12.6. The molecule has 2 aromatic rings. The molecule has 0 saturated heterocycles. The molecule has 0 fully saturated rings. The smallest absolute Gasteiger partial charge is 0.137 e. The van der Waals surface area contributed by atoms with Gasteiger partial charge in [-0.3, -0.25) is 4.98 Å². The number of hydrogen-bond donors (Lipinski definition) is 1. The maximum Gasteiger partial charge on any atom is 0.137 e. The summed E-state index contributed by atoms with van der Waals surface area (Å²) in [4.78, 5) is 4.48. The zero-order chi connectivity index (χ0) is 12.9. The average Bonchev–Trinajstić information content (AvgIpc) is 2.59. The Morgan fingerprint density at radius 3 is 2.72 bits per heavy atom. The van der Waals surface area contributed by atoms with Crippen LogP contribution >= 0.6 is 0 Å². The number of nitrogens with zero attached hydrogens (tertiary/aromatic N) is 1. The number of aromatic hydroxyl groups is 1. The molecule has 3 nitrogen and oxygen atoms in total. The second kappa shape index (κ2) is 3.59. The van der Waals surface area contributed by atoms with Crippen molar-refractivity contribution in [2.45, 2.75) is 13.1 Å². The summed E-state index contributed by atoms with van der Waals surface area (Å²) in [5.74, 6) is 1.10. The van der Waals surface area contributed by atoms with Crippen LogP contribution in [0.15, 0.2) is 30.5 Å². The fourth-order valence-electron chi connectivity index (χ4n) is 2.69. The number of rotatable bonds is 1. The van der Waals surface area contributed by atoms with Crippen LogP contribution in [0.4, 0.5) is 0 Å². The van der Waals surface area contributed by atoms with Crippen LogP contribution < -0.4 is 15.1 Å². The number of benzene rings is 1. The third-order valence-corrected chi connectivity index (χ3v) is 7.22. The Labute approximate surface area is 107 Å². The van der Waals surface area contributed by atoms with Crippen molar-refractivity contribution in [1.29, 1.82) is 0 Å². The molecule has 1 aromatic carbocycles. The van der Waals surface area contributed by atoms with E-state index >= 15 is 0 Å². The van der Waals surface area contributed by atoms with E-state index in [2.05, 4.69) is 30.2 Å². The summed E-state index contributed by atoms with van der Waals surface area (Å²) in [6, 6.07) is 7.81. The highest BCUT2D eigenvalue weighted by molar-refractivity contribution is 7.03. The predicted octanol–water partition coefficient (Wildman–Crippen LogP) is 1.60. The lowest BCUT2D eigenvalue weighted by Crippen LogP contribution is -2.49. The van der Waals surface area contributed by atoms with Gasteiger partial charge in [0, 0.05) is 5.56 Å². The van der Waals surface area contributed by atoms with Gasteiger partial charge in [-0.05, 0) is 22.5 Å². The first-order chi connectivity index (χ1) is 8.55. The van der Waals surface area contributed by atoms with Crippen LogP contribution in [0.1, 0.15) is 0 Å². The van der Waals surface area contributed by atoms with Crippen molar-refractivity contribution in [3.63, 3.8) is 0 Å². The molecule has 0 saturated carbocycles. The molecule has 0 spiro atoms. The first-order valence-electron chi connectivity index (χ1n) is 5.93. The van der Waals surface area contributed by atoms with Crippen LogP contribution in [-0.2, 0) is 0 Å². The summed E-state index contributed by atoms with van der Waals surface area (Å²) in [6.45, 7) is 4.55. The number of phenolic OH excluding ortho intramolecular Hbond substituents is 1. The van der Waals surface area contributed by atoms with E-state index in [0.29, 0.717) is 5.75 Å². The van der Waals surface area contributed by atoms with E-state index in [0.717, 1.165) is 17.0 Å². The van der Waals surface area contributed by atoms with Gasteiger partial charge in [-0.25, -0.2) is 0 Å². The highest BCUT2D eigenvalue weighted by Gasteiger charge is 2.40. The Bertz CT molecular complexity index is 638. The SMILES string of the molecule is COc1cnc2c(c1)[Si](C)(C)c1cccc(O)c1-2. The molecule has 1 N–H and O–H groups in total. The fraction of sp³-hybridized carbons (Fsp3) is 0.214. The van der Waals surface area contributed by atoms with Gasteiger partial charge in [0.05, 0.1) is 19.0 Å². The number of aromatic nitrogens is 1. The minimum absolute atomic E-state index is 0.324. The Morgan fingerprint density at radius 2 is 2.00 bits per heavy atom. The lowest BCUT2D eigenvalue weighted by Gasteiger charge is -2.18. The van der Waals surface area contributed by atoms with E-state index in [-0.39, 0.29) is 0 Å². The van der Waals surface area contributed by atoms with Crippen molar-refractivity contribution < 1.29 is 9.84 Å². The van der Waals surface area contributed by atoms with Crippen LogP contribution in [0.3, 0.4) is 0 Å². The maximum atomic E-state index is 10.1. The van der Waals surface area contributed by atoms with Gasteiger partial charge >= 0.3 is 0 Å². The fourth-order valence-corrected chi connectivity index (χ4v) is 5.65. The van der Waals surface area contributed by atoms with E-state index in [1.54, 1.807) is 19.4 Å². The van der Waals surface area contributed by atoms with Gasteiger partial charge in [-0.2, -0.15) is 0 Å². The van der Waals surface area contributed by atoms with E-state index in [9.17, 15) is 5.11 Å². The zero-order valence-corrected chi connectivity index (χ0v) is 11.7. The minimum Gasteiger partial charge on any atom is -0.507 e. The van der Waals surface area contributed by atoms with Crippen molar-refractivity contribution in [1.82, 2.24) is 4.98 Å². The highest BCUT2D eigenvalue weighted by Crippen LogP contribution is 2.33. The van der Waals surface area contributed by atoms with Gasteiger partial charge in [0.25, 0.3) is 0 Å². The van der Waals surface area contributed by atoms with Gasteiger partial charge in [0.15, 0.2) is 0 Å². The first-order valence-corrected chi connectivity index (χ1v) is 8.93. The molecule has 2 heterocycles. The summed E-state index contributed by atoms with van der Waals surface area (Å²) in [6.07, 6.45) is 1.71. The molecule has 4 heteroatoms. The minimum atomic E-state index is -1.76. The van der Waals surface area contributed by atoms with Crippen LogP contribution in [0.5, 0.6) is 11.5 Å². The molecule has 0 unspecified atom stereocenters. The van der Waals surface area contributed by atoms with Crippen molar-refractivity contribution in [3.05, 3.63) is 30.5 Å². The lowest BCUT2D eigenvalue weighted by molar-refractivity contribution is 0.413. The predicted molar refractivity (Wildman–Crippen MR) is 74.6 cm³/mol. The van der Waals surface area contributed by atoms with Crippen LogP contribution in [0, 0.1) is 0 Å². The Kier molecular flexibility index (Phi) is 2.25. The van der Waals surface area contributed by atoms with Crippen LogP contribution in [0.2, 0.25) is 13.1 Å². The van der Waals surface area contributed by atoms with Crippen LogP contribution in [-0.4, -0.2) is 25.3 Å². The monoisotopic (exact) mass is 257 g/mol. The summed E-state index contributed by atoms with van der Waals surface area (Å²) in [5.41, 5.74) is 1.83. The van der Waals surface area contributed by atoms with E-state index in [1.807, 2.05) is 6.07 Å². The first kappa shape index (κ1) is 11.3. The van der Waals surface area contributed by atoms with Gasteiger partial charge in [-0.15, -0.1) is 0 Å². The topological polar surface area (TPSA) is 42.4 Å². The molecule has 18 heavy (non-hydrogen) atoms. The van der Waals surface area contributed by atoms with Crippen molar-refractivity contribution in [3.8, 4) is 22.8 Å². The van der Waals surface area contributed by atoms with Gasteiger partial charge in [0.1, 0.15) is 19.6 Å². The van der Waals surface area contributed by atoms with Gasteiger partial charge < -0.3 is 9.84 Å². The summed E-state index contributed by atoms with van der Waals surface area (Å²) < 4.78 is 5.26. The maximum absolute atomic E-state index is 10.1. The summed E-state index contributed by atoms with van der Waals surface area (Å²) >= 11 is 0. The quantitative estimate of drug-likeness (QED) is 0.789. The molecule has 1 aliphatic rings. The number of methoxy groups -OCH3 is 1. The standard InChI is InChI=1S/C14H15NO2Si/c1-17-9-7-12-14(15-8-9)13-10(16)5-4-6-11(13)18(12,2)3/h4-8,16H,1-3H3. The van der Waals surface area contributed by atoms with E-state index in [4.69, 9.17) is 4.74 Å². The molecule has 0 atom stereocenters. The van der Waals surface area contributed by atoms with Crippen molar-refractivity contribution >= 4 is 18.4 Å². The Balaban J connectivity index is 2.36. The van der Waals surface area contributed by atoms with Crippen molar-refractivity contribution in [2.75, 3.05) is 7.11 Å². The second-order valence-corrected chi connectivity index (χ2v) is 9.42. The molecular weight excluding hydrogens is 242 g/mol. The molecule has 92 valence electrons. The average molecular weight is 257 g/mol. The van der Waals surface area contributed by atoms with E-state index < -0.39 is 8.07 Å². The molecular formula is C14H15NO2Si. The molecule has 3 rings (SSSR count). The third kappa shape index (κ3) is 1.32. The van der Waals surface area contributed by atoms with Gasteiger partial charge in [-0.1, -0.05) is 25.2 Å². The number of pyridine rings is 1. The van der Waals surface area contributed by atoms with E-state index in [1.165, 1.54) is 10.4 Å². The molecule has 0 radical (unpaired) electrons. The van der Waals surface area contributed by atoms with Crippen molar-refractivity contribution in [2.24, 2.45) is 0 Å². The van der Waals surface area contributed by atoms with Crippen LogP contribution in [0.25, 0.3) is 11.3 Å². The highest BCUT2D eigenvalue weighted by atomic mass is 28.3. The number of phenols is 1. The Hall–Kier alpha value is -1.81. The molecule has 0 amide bonds. The summed E-state index contributed by atoms with van der Waals surface area (Å²) in [7, 11) is -0.113.